The summed E-state index contributed by atoms with van der Waals surface area (Å²) < 4.78 is 40.8. The van der Waals surface area contributed by atoms with Gasteiger partial charge in [-0.25, -0.2) is 17.5 Å². The number of nitrogen functional groups attached to an aromatic ring is 1. The first-order chi connectivity index (χ1) is 9.81. The molecule has 0 saturated carbocycles. The second-order valence-electron chi connectivity index (χ2n) is 5.57. The number of hydrogen-bond donors (Lipinski definition) is 2. The first kappa shape index (κ1) is 16.2. The Bertz CT molecular complexity index is 613. The first-order valence-corrected chi connectivity index (χ1v) is 8.59. The van der Waals surface area contributed by atoms with Crippen LogP contribution in [0.1, 0.15) is 25.3 Å². The zero-order chi connectivity index (χ0) is 15.6. The van der Waals surface area contributed by atoms with E-state index in [9.17, 15) is 12.8 Å². The second-order valence-corrected chi connectivity index (χ2v) is 7.31. The number of benzene rings is 1. The number of likely N-dealkylation sites (tertiary alicyclic amines) is 1. The third kappa shape index (κ3) is 3.72. The third-order valence-corrected chi connectivity index (χ3v) is 5.49. The molecule has 3 N–H and O–H groups in total. The minimum atomic E-state index is -3.76. The molecule has 7 heteroatoms. The highest BCUT2D eigenvalue weighted by molar-refractivity contribution is 7.89. The Morgan fingerprint density at radius 3 is 2.62 bits per heavy atom. The van der Waals surface area contributed by atoms with E-state index < -0.39 is 15.8 Å². The number of hydrogen-bond acceptors (Lipinski definition) is 4. The molecule has 1 unspecified atom stereocenters. The monoisotopic (exact) mass is 315 g/mol. The van der Waals surface area contributed by atoms with Crippen molar-refractivity contribution in [3.63, 3.8) is 0 Å². The molecule has 0 aromatic heterocycles. The summed E-state index contributed by atoms with van der Waals surface area (Å²) >= 11 is 0. The van der Waals surface area contributed by atoms with Crippen molar-refractivity contribution in [1.82, 2.24) is 9.62 Å². The van der Waals surface area contributed by atoms with Gasteiger partial charge in [0.05, 0.1) is 4.90 Å². The van der Waals surface area contributed by atoms with Gasteiger partial charge in [0.25, 0.3) is 0 Å². The van der Waals surface area contributed by atoms with Gasteiger partial charge in [-0.15, -0.1) is 0 Å². The van der Waals surface area contributed by atoms with Crippen LogP contribution in [0.15, 0.2) is 17.0 Å². The Morgan fingerprint density at radius 1 is 1.38 bits per heavy atom. The summed E-state index contributed by atoms with van der Waals surface area (Å²) in [5.41, 5.74) is 5.73. The van der Waals surface area contributed by atoms with Crippen LogP contribution in [0.5, 0.6) is 0 Å². The normalized spacial score (nSPS) is 18.0. The highest BCUT2D eigenvalue weighted by atomic mass is 32.2. The lowest BCUT2D eigenvalue weighted by Crippen LogP contribution is -2.40. The number of sulfonamides is 1. The SMILES string of the molecule is Cc1c(F)cc(N)cc1S(=O)(=O)NCC(C)N1CCCC1. The van der Waals surface area contributed by atoms with E-state index in [-0.39, 0.29) is 22.2 Å². The molecule has 1 saturated heterocycles. The quantitative estimate of drug-likeness (QED) is 0.807. The lowest BCUT2D eigenvalue weighted by molar-refractivity contribution is 0.260. The zero-order valence-corrected chi connectivity index (χ0v) is 13.2. The van der Waals surface area contributed by atoms with Gasteiger partial charge in [-0.1, -0.05) is 0 Å². The molecular formula is C14H22FN3O2S. The van der Waals surface area contributed by atoms with Gasteiger partial charge in [0.1, 0.15) is 5.82 Å². The van der Waals surface area contributed by atoms with Gasteiger partial charge in [-0.3, -0.25) is 4.90 Å². The van der Waals surface area contributed by atoms with Crippen LogP contribution < -0.4 is 10.5 Å². The molecule has 0 radical (unpaired) electrons. The van der Waals surface area contributed by atoms with Gasteiger partial charge in [0, 0.05) is 23.8 Å². The summed E-state index contributed by atoms with van der Waals surface area (Å²) in [6, 6.07) is 2.54. The fourth-order valence-corrected chi connectivity index (χ4v) is 3.98. The molecule has 0 aliphatic carbocycles. The average molecular weight is 315 g/mol. The number of nitrogens with zero attached hydrogens (tertiary/aromatic N) is 1. The largest absolute Gasteiger partial charge is 0.399 e. The molecular weight excluding hydrogens is 293 g/mol. The maximum absolute atomic E-state index is 13.6. The summed E-state index contributed by atoms with van der Waals surface area (Å²) in [5, 5.41) is 0. The van der Waals surface area contributed by atoms with Gasteiger partial charge in [-0.2, -0.15) is 0 Å². The first-order valence-electron chi connectivity index (χ1n) is 7.10. The van der Waals surface area contributed by atoms with E-state index >= 15 is 0 Å². The number of nitrogens with two attached hydrogens (primary N) is 1. The summed E-state index contributed by atoms with van der Waals surface area (Å²) in [5.74, 6) is -0.608. The van der Waals surface area contributed by atoms with Crippen LogP contribution in [0.4, 0.5) is 10.1 Å². The van der Waals surface area contributed by atoms with Crippen LogP contribution in [0.3, 0.4) is 0 Å². The predicted octanol–water partition coefficient (Wildman–Crippen LogP) is 1.48. The number of anilines is 1. The summed E-state index contributed by atoms with van der Waals surface area (Å²) in [7, 11) is -3.76. The van der Waals surface area contributed by atoms with E-state index in [1.54, 1.807) is 0 Å². The average Bonchev–Trinajstić information content (AvgIpc) is 2.94. The topological polar surface area (TPSA) is 75.4 Å². The molecule has 1 fully saturated rings. The van der Waals surface area contributed by atoms with Crippen molar-refractivity contribution >= 4 is 15.7 Å². The molecule has 1 heterocycles. The van der Waals surface area contributed by atoms with Crippen LogP contribution in [0.2, 0.25) is 0 Å². The predicted molar refractivity (Wildman–Crippen MR) is 81.0 cm³/mol. The van der Waals surface area contributed by atoms with E-state index in [2.05, 4.69) is 9.62 Å². The highest BCUT2D eigenvalue weighted by Gasteiger charge is 2.23. The van der Waals surface area contributed by atoms with Crippen LogP contribution >= 0.6 is 0 Å². The Balaban J connectivity index is 2.11. The Hall–Kier alpha value is -1.18. The van der Waals surface area contributed by atoms with E-state index in [1.165, 1.54) is 13.0 Å². The fourth-order valence-electron chi connectivity index (χ4n) is 2.57. The molecule has 0 amide bonds. The molecule has 1 aliphatic rings. The Morgan fingerprint density at radius 2 is 2.00 bits per heavy atom. The Labute approximate surface area is 125 Å². The number of nitrogens with one attached hydrogen (secondary N) is 1. The van der Waals surface area contributed by atoms with Crippen LogP contribution in [0.25, 0.3) is 0 Å². The van der Waals surface area contributed by atoms with E-state index in [1.807, 2.05) is 6.92 Å². The molecule has 0 bridgehead atoms. The van der Waals surface area contributed by atoms with Crippen LogP contribution in [-0.2, 0) is 10.0 Å². The van der Waals surface area contributed by atoms with Crippen molar-refractivity contribution in [2.24, 2.45) is 0 Å². The molecule has 1 aromatic rings. The van der Waals surface area contributed by atoms with Crippen molar-refractivity contribution in [3.8, 4) is 0 Å². The molecule has 0 spiro atoms. The molecule has 5 nitrogen and oxygen atoms in total. The molecule has 1 aromatic carbocycles. The summed E-state index contributed by atoms with van der Waals surface area (Å²) in [6.07, 6.45) is 2.30. The van der Waals surface area contributed by atoms with Crippen molar-refractivity contribution < 1.29 is 12.8 Å². The molecule has 1 aliphatic heterocycles. The third-order valence-electron chi connectivity index (χ3n) is 3.94. The zero-order valence-electron chi connectivity index (χ0n) is 12.4. The van der Waals surface area contributed by atoms with Crippen molar-refractivity contribution in [2.75, 3.05) is 25.4 Å². The minimum Gasteiger partial charge on any atom is -0.399 e. The lowest BCUT2D eigenvalue weighted by Gasteiger charge is -2.24. The summed E-state index contributed by atoms with van der Waals surface area (Å²) in [4.78, 5) is 2.16. The van der Waals surface area contributed by atoms with Gasteiger partial charge in [-0.05, 0) is 51.9 Å². The summed E-state index contributed by atoms with van der Waals surface area (Å²) in [6.45, 7) is 5.72. The van der Waals surface area contributed by atoms with Crippen LogP contribution in [-0.4, -0.2) is 39.0 Å². The van der Waals surface area contributed by atoms with E-state index in [0.29, 0.717) is 6.54 Å². The standard InChI is InChI=1S/C14H22FN3O2S/c1-10(18-5-3-4-6-18)9-17-21(19,20)14-8-12(16)7-13(15)11(14)2/h7-8,10,17H,3-6,9,16H2,1-2H3. The maximum atomic E-state index is 13.6. The molecule has 1 atom stereocenters. The molecule has 21 heavy (non-hydrogen) atoms. The van der Waals surface area contributed by atoms with E-state index in [0.717, 1.165) is 32.0 Å². The lowest BCUT2D eigenvalue weighted by atomic mass is 10.2. The van der Waals surface area contributed by atoms with Crippen molar-refractivity contribution in [2.45, 2.75) is 37.6 Å². The van der Waals surface area contributed by atoms with Crippen molar-refractivity contribution in [3.05, 3.63) is 23.5 Å². The molecule has 118 valence electrons. The van der Waals surface area contributed by atoms with Crippen molar-refractivity contribution in [1.29, 1.82) is 0 Å². The second kappa shape index (κ2) is 6.29. The van der Waals surface area contributed by atoms with Gasteiger partial charge >= 0.3 is 0 Å². The van der Waals surface area contributed by atoms with Gasteiger partial charge in [0.15, 0.2) is 0 Å². The smallest absolute Gasteiger partial charge is 0.241 e. The van der Waals surface area contributed by atoms with Crippen LogP contribution in [0, 0.1) is 12.7 Å². The Kier molecular flexibility index (Phi) is 4.85. The molecule has 2 rings (SSSR count). The van der Waals surface area contributed by atoms with Gasteiger partial charge in [0.2, 0.25) is 10.0 Å². The fraction of sp³-hybridized carbons (Fsp3) is 0.571. The number of rotatable bonds is 5. The highest BCUT2D eigenvalue weighted by Crippen LogP contribution is 2.21. The number of halogens is 1. The van der Waals surface area contributed by atoms with Gasteiger partial charge < -0.3 is 5.73 Å². The van der Waals surface area contributed by atoms with E-state index in [4.69, 9.17) is 5.73 Å². The minimum absolute atomic E-state index is 0.0884. The maximum Gasteiger partial charge on any atom is 0.241 e.